The molecule has 3 heterocycles. The van der Waals surface area contributed by atoms with Gasteiger partial charge in [0.25, 0.3) is 5.88 Å². The average Bonchev–Trinajstić information content (AvgIpc) is 3.64. The van der Waals surface area contributed by atoms with E-state index in [1.165, 1.54) is 0 Å². The number of benzene rings is 1. The zero-order valence-electron chi connectivity index (χ0n) is 34.6. The first-order valence-corrected chi connectivity index (χ1v) is 20.7. The van der Waals surface area contributed by atoms with E-state index in [0.29, 0.717) is 128 Å². The van der Waals surface area contributed by atoms with Crippen LogP contribution in [0.3, 0.4) is 0 Å². The molecule has 1 aliphatic carbocycles. The Hall–Kier alpha value is -3.76. The molecule has 16 nitrogen and oxygen atoms in total. The van der Waals surface area contributed by atoms with E-state index in [4.69, 9.17) is 47.7 Å². The highest BCUT2D eigenvalue weighted by Gasteiger charge is 2.32. The van der Waals surface area contributed by atoms with Crippen LogP contribution in [0.15, 0.2) is 42.9 Å². The minimum absolute atomic E-state index is 0.264. The lowest BCUT2D eigenvalue weighted by Crippen LogP contribution is -2.51. The van der Waals surface area contributed by atoms with Gasteiger partial charge in [-0.1, -0.05) is 18.2 Å². The SMILES string of the molecule is COCCOCCOCCOCCOCCOCCOCCCOc1nn(C2CCC(N3C[C@@H](C)O[C@@H](C)C3)CC2)cc1Nc1ncc(-c2ccccc2C#N)cn1. The number of ether oxygens (including phenoxy) is 9. The molecule has 1 aromatic carbocycles. The largest absolute Gasteiger partial charge is 0.475 e. The normalized spacial score (nSPS) is 19.9. The van der Waals surface area contributed by atoms with Crippen molar-refractivity contribution in [2.24, 2.45) is 0 Å². The van der Waals surface area contributed by atoms with Gasteiger partial charge in [-0.2, -0.15) is 5.26 Å². The number of nitrogens with one attached hydrogen (secondary N) is 1. The van der Waals surface area contributed by atoms with Crippen LogP contribution >= 0.6 is 0 Å². The molecule has 3 aromatic rings. The van der Waals surface area contributed by atoms with Gasteiger partial charge in [0.1, 0.15) is 5.69 Å². The Morgan fingerprint density at radius 2 is 1.26 bits per heavy atom. The number of nitriles is 1. The number of nitrogens with zero attached hydrogens (tertiary/aromatic N) is 6. The number of hydrogen-bond acceptors (Lipinski definition) is 15. The van der Waals surface area contributed by atoms with Crippen molar-refractivity contribution in [1.82, 2.24) is 24.6 Å². The zero-order chi connectivity index (χ0) is 40.6. The fourth-order valence-electron chi connectivity index (χ4n) is 7.12. The molecule has 1 saturated heterocycles. The third kappa shape index (κ3) is 15.8. The lowest BCUT2D eigenvalue weighted by atomic mass is 9.89. The van der Waals surface area contributed by atoms with E-state index in [9.17, 15) is 5.26 Å². The zero-order valence-corrected chi connectivity index (χ0v) is 34.6. The predicted molar refractivity (Wildman–Crippen MR) is 217 cm³/mol. The van der Waals surface area contributed by atoms with E-state index >= 15 is 0 Å². The summed E-state index contributed by atoms with van der Waals surface area (Å²) in [5.41, 5.74) is 2.84. The molecule has 0 amide bonds. The maximum atomic E-state index is 9.55. The fourth-order valence-corrected chi connectivity index (χ4v) is 7.12. The van der Waals surface area contributed by atoms with E-state index in [0.717, 1.165) is 49.9 Å². The Bertz CT molecular complexity index is 1590. The van der Waals surface area contributed by atoms with Gasteiger partial charge in [0, 0.05) is 62.8 Å². The van der Waals surface area contributed by atoms with E-state index in [1.807, 2.05) is 29.1 Å². The lowest BCUT2D eigenvalue weighted by molar-refractivity contribution is -0.0852. The third-order valence-electron chi connectivity index (χ3n) is 9.92. The van der Waals surface area contributed by atoms with Crippen LogP contribution in [0.4, 0.5) is 11.6 Å². The first kappa shape index (κ1) is 45.3. The minimum Gasteiger partial charge on any atom is -0.475 e. The molecule has 0 unspecified atom stereocenters. The van der Waals surface area contributed by atoms with Crippen molar-refractivity contribution < 1.29 is 42.6 Å². The van der Waals surface area contributed by atoms with Gasteiger partial charge in [-0.05, 0) is 45.6 Å². The topological polar surface area (TPSA) is 166 Å². The molecule has 2 aliphatic rings. The summed E-state index contributed by atoms with van der Waals surface area (Å²) in [6, 6.07) is 10.5. The Balaban J connectivity index is 0.993. The first-order chi connectivity index (χ1) is 28.5. The number of aromatic nitrogens is 4. The summed E-state index contributed by atoms with van der Waals surface area (Å²) in [7, 11) is 1.65. The number of hydrogen-bond donors (Lipinski definition) is 1. The van der Waals surface area contributed by atoms with Crippen molar-refractivity contribution >= 4 is 11.6 Å². The molecule has 1 aliphatic heterocycles. The molecule has 16 heteroatoms. The molecule has 0 radical (unpaired) electrons. The molecule has 2 fully saturated rings. The second kappa shape index (κ2) is 26.4. The molecule has 0 spiro atoms. The third-order valence-corrected chi connectivity index (χ3v) is 9.92. The van der Waals surface area contributed by atoms with Crippen molar-refractivity contribution in [3.63, 3.8) is 0 Å². The molecule has 2 aromatic heterocycles. The van der Waals surface area contributed by atoms with Gasteiger partial charge in [0.15, 0.2) is 0 Å². The van der Waals surface area contributed by atoms with Crippen molar-refractivity contribution in [3.8, 4) is 23.1 Å². The van der Waals surface area contributed by atoms with Crippen LogP contribution in [0.1, 0.15) is 57.6 Å². The summed E-state index contributed by atoms with van der Waals surface area (Å²) in [6.45, 7) is 13.5. The minimum atomic E-state index is 0.264. The van der Waals surface area contributed by atoms with Crippen molar-refractivity contribution in [2.45, 2.75) is 70.2 Å². The highest BCUT2D eigenvalue weighted by Crippen LogP contribution is 2.35. The van der Waals surface area contributed by atoms with Gasteiger partial charge in [0.2, 0.25) is 5.95 Å². The van der Waals surface area contributed by atoms with Crippen molar-refractivity contribution in [1.29, 1.82) is 5.26 Å². The predicted octanol–water partition coefficient (Wildman–Crippen LogP) is 5.06. The first-order valence-electron chi connectivity index (χ1n) is 20.7. The molecule has 320 valence electrons. The number of rotatable bonds is 28. The standard InChI is InChI=1S/C42H63N7O9/c1-33-30-48(31-34(2)58-33)37-9-11-38(12-10-37)49-32-40(46-42-44-28-36(29-45-42)39-8-5-4-7-35(39)27-43)41(47-49)57-14-6-13-51-17-18-53-21-22-55-25-26-56-24-23-54-20-19-52-16-15-50-3/h4-5,7-8,28-29,32-34,37-38H,6,9-26,30-31H2,1-3H3,(H,44,45,46)/t33-,34+,37?,38?. The van der Waals surface area contributed by atoms with Crippen LogP contribution < -0.4 is 10.1 Å². The Morgan fingerprint density at radius 1 is 0.724 bits per heavy atom. The smallest absolute Gasteiger partial charge is 0.256 e. The summed E-state index contributed by atoms with van der Waals surface area (Å²) in [5, 5.41) is 17.8. The summed E-state index contributed by atoms with van der Waals surface area (Å²) >= 11 is 0. The van der Waals surface area contributed by atoms with Gasteiger partial charge in [-0.3, -0.25) is 9.58 Å². The van der Waals surface area contributed by atoms with Gasteiger partial charge < -0.3 is 47.9 Å². The molecular formula is C42H63N7O9. The molecule has 1 N–H and O–H groups in total. The molecule has 0 bridgehead atoms. The van der Waals surface area contributed by atoms with Crippen LogP contribution in [-0.2, 0) is 37.9 Å². The van der Waals surface area contributed by atoms with Crippen LogP contribution in [0.2, 0.25) is 0 Å². The van der Waals surface area contributed by atoms with Crippen LogP contribution in [0, 0.1) is 11.3 Å². The number of methoxy groups -OCH3 is 1. The fraction of sp³-hybridized carbons (Fsp3) is 0.667. The summed E-state index contributed by atoms with van der Waals surface area (Å²) in [5.74, 6) is 0.920. The second-order valence-corrected chi connectivity index (χ2v) is 14.4. The van der Waals surface area contributed by atoms with E-state index < -0.39 is 0 Å². The molecule has 58 heavy (non-hydrogen) atoms. The monoisotopic (exact) mass is 809 g/mol. The average molecular weight is 810 g/mol. The van der Waals surface area contributed by atoms with Crippen LogP contribution in [0.5, 0.6) is 5.88 Å². The maximum Gasteiger partial charge on any atom is 0.256 e. The molecule has 1 saturated carbocycles. The number of anilines is 2. The van der Waals surface area contributed by atoms with Crippen LogP contribution in [-0.4, -0.2) is 156 Å². The van der Waals surface area contributed by atoms with Crippen molar-refractivity contribution in [2.75, 3.05) is 118 Å². The highest BCUT2D eigenvalue weighted by molar-refractivity contribution is 5.69. The Kier molecular flexibility index (Phi) is 20.6. The Morgan fingerprint density at radius 3 is 1.83 bits per heavy atom. The van der Waals surface area contributed by atoms with E-state index in [1.54, 1.807) is 25.6 Å². The molecule has 2 atom stereocenters. The Labute approximate surface area is 343 Å². The maximum absolute atomic E-state index is 9.55. The van der Waals surface area contributed by atoms with E-state index in [2.05, 4.69) is 40.1 Å². The second-order valence-electron chi connectivity index (χ2n) is 14.4. The van der Waals surface area contributed by atoms with Crippen molar-refractivity contribution in [3.05, 3.63) is 48.4 Å². The van der Waals surface area contributed by atoms with E-state index in [-0.39, 0.29) is 18.2 Å². The van der Waals surface area contributed by atoms with Gasteiger partial charge in [-0.25, -0.2) is 9.97 Å². The lowest BCUT2D eigenvalue weighted by Gasteiger charge is -2.42. The summed E-state index contributed by atoms with van der Waals surface area (Å²) in [4.78, 5) is 11.7. The van der Waals surface area contributed by atoms with Gasteiger partial charge in [0.05, 0.1) is 122 Å². The van der Waals surface area contributed by atoms with Gasteiger partial charge >= 0.3 is 0 Å². The van der Waals surface area contributed by atoms with Gasteiger partial charge in [-0.15, -0.1) is 5.10 Å². The highest BCUT2D eigenvalue weighted by atomic mass is 16.6. The summed E-state index contributed by atoms with van der Waals surface area (Å²) in [6.07, 6.45) is 11.0. The molecule has 5 rings (SSSR count). The summed E-state index contributed by atoms with van der Waals surface area (Å²) < 4.78 is 52.4. The number of morpholine rings is 1. The van der Waals surface area contributed by atoms with Crippen LogP contribution in [0.25, 0.3) is 11.1 Å². The quantitative estimate of drug-likeness (QED) is 0.0967. The molecular weight excluding hydrogens is 747 g/mol.